The summed E-state index contributed by atoms with van der Waals surface area (Å²) in [5.74, 6) is -0.711. The van der Waals surface area contributed by atoms with Crippen molar-refractivity contribution in [2.24, 2.45) is 0 Å². The smallest absolute Gasteiger partial charge is 0.410 e. The molecule has 6 rings (SSSR count). The molecule has 3 aliphatic heterocycles. The van der Waals surface area contributed by atoms with Crippen molar-refractivity contribution < 1.29 is 28.7 Å². The number of nitrogens with zero attached hydrogens (tertiary/aromatic N) is 5. The first-order valence-electron chi connectivity index (χ1n) is 18.6. The summed E-state index contributed by atoms with van der Waals surface area (Å²) in [6.07, 6.45) is 3.52. The highest BCUT2D eigenvalue weighted by molar-refractivity contribution is 6.13. The first-order chi connectivity index (χ1) is 25.4. The molecule has 2 aromatic carbocycles. The van der Waals surface area contributed by atoms with E-state index in [0.29, 0.717) is 61.1 Å². The number of carbonyl (C=O) groups is 4. The number of amides is 4. The standard InChI is InChI=1S/C40H51N7O6/c1-40(2,3)53-39(51)47-18-15-28-11-14-35(41-34(28)27-47)43-37(49)32-26-31(46-16-6-5-7-17-46)12-13-33(32)42-36(48)29-9-8-10-30(25-29)38(50)44(4)19-20-45-21-23-52-24-22-45/h8-14,25-26H,5-7,15-24,27H2,1-4H3,(H,42,48)(H,41,43,49). The maximum atomic E-state index is 14.0. The molecule has 0 aliphatic carbocycles. The molecule has 0 unspecified atom stereocenters. The highest BCUT2D eigenvalue weighted by atomic mass is 16.6. The molecule has 0 radical (unpaired) electrons. The number of ether oxygens (including phenoxy) is 2. The van der Waals surface area contributed by atoms with E-state index in [0.717, 1.165) is 56.8 Å². The number of aromatic nitrogens is 1. The fourth-order valence-electron chi connectivity index (χ4n) is 6.75. The van der Waals surface area contributed by atoms with Crippen LogP contribution in [-0.2, 0) is 22.4 Å². The van der Waals surface area contributed by atoms with Crippen molar-refractivity contribution in [2.75, 3.05) is 81.6 Å². The molecule has 13 heteroatoms. The van der Waals surface area contributed by atoms with Crippen LogP contribution in [0.4, 0.5) is 22.0 Å². The molecule has 13 nitrogen and oxygen atoms in total. The Morgan fingerprint density at radius 2 is 1.62 bits per heavy atom. The molecular formula is C40H51N7O6. The van der Waals surface area contributed by atoms with Gasteiger partial charge in [0.15, 0.2) is 0 Å². The Morgan fingerprint density at radius 1 is 0.868 bits per heavy atom. The van der Waals surface area contributed by atoms with Gasteiger partial charge in [-0.1, -0.05) is 12.1 Å². The van der Waals surface area contributed by atoms with Gasteiger partial charge in [0, 0.05) is 69.7 Å². The number of anilines is 3. The minimum Gasteiger partial charge on any atom is -0.444 e. The van der Waals surface area contributed by atoms with Gasteiger partial charge in [0.25, 0.3) is 17.7 Å². The van der Waals surface area contributed by atoms with E-state index in [-0.39, 0.29) is 18.0 Å². The lowest BCUT2D eigenvalue weighted by Crippen LogP contribution is -2.41. The Morgan fingerprint density at radius 3 is 2.38 bits per heavy atom. The summed E-state index contributed by atoms with van der Waals surface area (Å²) < 4.78 is 11.0. The number of piperidine rings is 1. The van der Waals surface area contributed by atoms with E-state index in [1.807, 2.05) is 39.0 Å². The Balaban J connectivity index is 1.18. The summed E-state index contributed by atoms with van der Waals surface area (Å²) in [7, 11) is 1.76. The molecule has 2 fully saturated rings. The van der Waals surface area contributed by atoms with Crippen molar-refractivity contribution in [3.05, 3.63) is 82.5 Å². The number of rotatable bonds is 9. The molecule has 2 N–H and O–H groups in total. The van der Waals surface area contributed by atoms with Crippen LogP contribution in [0.25, 0.3) is 0 Å². The van der Waals surface area contributed by atoms with E-state index in [2.05, 4.69) is 20.4 Å². The molecule has 0 atom stereocenters. The Hall–Kier alpha value is -5.01. The van der Waals surface area contributed by atoms with E-state index in [9.17, 15) is 19.2 Å². The molecule has 0 saturated carbocycles. The topological polar surface area (TPSA) is 137 Å². The third-order valence-electron chi connectivity index (χ3n) is 9.74. The number of benzene rings is 2. The first-order valence-corrected chi connectivity index (χ1v) is 18.6. The fraction of sp³-hybridized carbons (Fsp3) is 0.475. The van der Waals surface area contributed by atoms with Gasteiger partial charge in [0.1, 0.15) is 11.4 Å². The van der Waals surface area contributed by atoms with E-state index >= 15 is 0 Å². The lowest BCUT2D eigenvalue weighted by Gasteiger charge is -2.30. The zero-order chi connectivity index (χ0) is 37.5. The first kappa shape index (κ1) is 37.7. The third kappa shape index (κ3) is 9.91. The highest BCUT2D eigenvalue weighted by Gasteiger charge is 2.27. The summed E-state index contributed by atoms with van der Waals surface area (Å²) in [4.78, 5) is 66.3. The zero-order valence-electron chi connectivity index (χ0n) is 31.3. The maximum absolute atomic E-state index is 14.0. The summed E-state index contributed by atoms with van der Waals surface area (Å²) >= 11 is 0. The van der Waals surface area contributed by atoms with Crippen LogP contribution in [0.1, 0.15) is 82.4 Å². The molecule has 0 spiro atoms. The summed E-state index contributed by atoms with van der Waals surface area (Å²) in [6.45, 7) is 12.4. The summed E-state index contributed by atoms with van der Waals surface area (Å²) in [5, 5.41) is 5.86. The monoisotopic (exact) mass is 725 g/mol. The van der Waals surface area contributed by atoms with Crippen LogP contribution < -0.4 is 15.5 Å². The molecule has 282 valence electrons. The summed E-state index contributed by atoms with van der Waals surface area (Å²) in [5.41, 5.74) is 3.30. The summed E-state index contributed by atoms with van der Waals surface area (Å²) in [6, 6.07) is 15.8. The van der Waals surface area contributed by atoms with Gasteiger partial charge in [0.2, 0.25) is 0 Å². The van der Waals surface area contributed by atoms with Crippen molar-refractivity contribution in [1.82, 2.24) is 19.7 Å². The zero-order valence-corrected chi connectivity index (χ0v) is 31.3. The van der Waals surface area contributed by atoms with Crippen LogP contribution in [0, 0.1) is 0 Å². The average Bonchev–Trinajstić information content (AvgIpc) is 3.16. The highest BCUT2D eigenvalue weighted by Crippen LogP contribution is 2.28. The number of likely N-dealkylation sites (N-methyl/N-ethyl adjacent to an activating group) is 1. The molecule has 0 bridgehead atoms. The van der Waals surface area contributed by atoms with Crippen molar-refractivity contribution in [2.45, 2.75) is 58.6 Å². The van der Waals surface area contributed by atoms with Gasteiger partial charge >= 0.3 is 6.09 Å². The van der Waals surface area contributed by atoms with E-state index in [4.69, 9.17) is 14.5 Å². The number of hydrogen-bond donors (Lipinski definition) is 2. The predicted molar refractivity (Wildman–Crippen MR) is 204 cm³/mol. The third-order valence-corrected chi connectivity index (χ3v) is 9.74. The molecular weight excluding hydrogens is 674 g/mol. The van der Waals surface area contributed by atoms with Crippen LogP contribution in [0.15, 0.2) is 54.6 Å². The van der Waals surface area contributed by atoms with Gasteiger partial charge < -0.3 is 34.8 Å². The molecule has 4 amide bonds. The van der Waals surface area contributed by atoms with E-state index < -0.39 is 23.5 Å². The van der Waals surface area contributed by atoms with E-state index in [1.54, 1.807) is 53.2 Å². The van der Waals surface area contributed by atoms with Crippen LogP contribution in [-0.4, -0.2) is 115 Å². The lowest BCUT2D eigenvalue weighted by atomic mass is 10.0. The van der Waals surface area contributed by atoms with Gasteiger partial charge in [-0.05, 0) is 94.5 Å². The van der Waals surface area contributed by atoms with Crippen LogP contribution in [0.2, 0.25) is 0 Å². The number of fused-ring (bicyclic) bond motifs is 1. The number of morpholine rings is 1. The van der Waals surface area contributed by atoms with Crippen molar-refractivity contribution >= 4 is 41.0 Å². The molecule has 1 aromatic heterocycles. The normalized spacial score (nSPS) is 16.4. The molecule has 53 heavy (non-hydrogen) atoms. The van der Waals surface area contributed by atoms with Gasteiger partial charge in [-0.2, -0.15) is 0 Å². The Kier molecular flexibility index (Phi) is 11.9. The average molecular weight is 726 g/mol. The number of nitrogens with one attached hydrogen (secondary N) is 2. The molecule has 3 aliphatic rings. The minimum atomic E-state index is -0.614. The number of carbonyl (C=O) groups excluding carboxylic acids is 4. The van der Waals surface area contributed by atoms with E-state index in [1.165, 1.54) is 6.42 Å². The van der Waals surface area contributed by atoms with Gasteiger partial charge in [0.05, 0.1) is 36.7 Å². The number of hydrogen-bond acceptors (Lipinski definition) is 9. The van der Waals surface area contributed by atoms with Crippen molar-refractivity contribution in [1.29, 1.82) is 0 Å². The van der Waals surface area contributed by atoms with Crippen LogP contribution in [0.5, 0.6) is 0 Å². The minimum absolute atomic E-state index is 0.175. The molecule has 2 saturated heterocycles. The Labute approximate surface area is 311 Å². The van der Waals surface area contributed by atoms with Crippen LogP contribution >= 0.6 is 0 Å². The van der Waals surface area contributed by atoms with Crippen molar-refractivity contribution in [3.63, 3.8) is 0 Å². The Bertz CT molecular complexity index is 1810. The fourth-order valence-corrected chi connectivity index (χ4v) is 6.75. The lowest BCUT2D eigenvalue weighted by molar-refractivity contribution is 0.0220. The second-order valence-electron chi connectivity index (χ2n) is 14.9. The second-order valence-corrected chi connectivity index (χ2v) is 14.9. The van der Waals surface area contributed by atoms with Gasteiger partial charge in [-0.25, -0.2) is 9.78 Å². The second kappa shape index (κ2) is 16.8. The van der Waals surface area contributed by atoms with Crippen molar-refractivity contribution in [3.8, 4) is 0 Å². The predicted octanol–water partition coefficient (Wildman–Crippen LogP) is 5.27. The quantitative estimate of drug-likeness (QED) is 0.302. The molecule has 4 heterocycles. The van der Waals surface area contributed by atoms with Gasteiger partial charge in [-0.15, -0.1) is 0 Å². The molecule has 3 aromatic rings. The largest absolute Gasteiger partial charge is 0.444 e. The SMILES string of the molecule is CN(CCN1CCOCC1)C(=O)c1cccc(C(=O)Nc2ccc(N3CCCCC3)cc2C(=O)Nc2ccc3c(n2)CN(C(=O)OC(C)(C)C)CC3)c1. The van der Waals surface area contributed by atoms with Crippen LogP contribution in [0.3, 0.4) is 0 Å². The number of pyridine rings is 1. The van der Waals surface area contributed by atoms with Gasteiger partial charge in [-0.3, -0.25) is 19.3 Å². The maximum Gasteiger partial charge on any atom is 0.410 e.